The molecule has 7 heteroatoms. The Bertz CT molecular complexity index is 915. The number of methoxy groups -OCH3 is 2. The standard InChI is InChI=1S/C21H22N4O3/c1-27-17-8-6-16(7-9-17)24-21-18(4-3-5-19(21)28-2)25-20(26)14-23-15-10-12-22-13-11-15/h3-13,24H,14H2,1-2H3,(H,22,23)(H,25,26). The van der Waals surface area contributed by atoms with Gasteiger partial charge in [-0.1, -0.05) is 6.07 Å². The van der Waals surface area contributed by atoms with Crippen LogP contribution in [-0.2, 0) is 4.79 Å². The number of rotatable bonds is 8. The molecule has 0 aliphatic carbocycles. The first kappa shape index (κ1) is 19.0. The summed E-state index contributed by atoms with van der Waals surface area (Å²) in [7, 11) is 3.21. The number of para-hydroxylation sites is 1. The van der Waals surface area contributed by atoms with Crippen molar-refractivity contribution in [3.63, 3.8) is 0 Å². The molecule has 0 unspecified atom stereocenters. The van der Waals surface area contributed by atoms with E-state index in [9.17, 15) is 4.79 Å². The Morgan fingerprint density at radius 3 is 2.36 bits per heavy atom. The number of pyridine rings is 1. The summed E-state index contributed by atoms with van der Waals surface area (Å²) in [6.07, 6.45) is 3.33. The van der Waals surface area contributed by atoms with Gasteiger partial charge in [0, 0.05) is 23.8 Å². The summed E-state index contributed by atoms with van der Waals surface area (Å²) >= 11 is 0. The van der Waals surface area contributed by atoms with Gasteiger partial charge in [-0.2, -0.15) is 0 Å². The number of aromatic nitrogens is 1. The zero-order chi connectivity index (χ0) is 19.8. The highest BCUT2D eigenvalue weighted by molar-refractivity contribution is 5.98. The van der Waals surface area contributed by atoms with Gasteiger partial charge in [-0.25, -0.2) is 0 Å². The van der Waals surface area contributed by atoms with Crippen LogP contribution in [0, 0.1) is 0 Å². The lowest BCUT2D eigenvalue weighted by Gasteiger charge is -2.17. The van der Waals surface area contributed by atoms with E-state index < -0.39 is 0 Å². The third-order valence-electron chi connectivity index (χ3n) is 4.01. The second kappa shape index (κ2) is 9.27. The predicted octanol–water partition coefficient (Wildman–Crippen LogP) is 3.89. The topological polar surface area (TPSA) is 84.5 Å². The molecular weight excluding hydrogens is 356 g/mol. The second-order valence-electron chi connectivity index (χ2n) is 5.87. The maximum absolute atomic E-state index is 12.4. The van der Waals surface area contributed by atoms with Crippen molar-refractivity contribution in [1.82, 2.24) is 4.98 Å². The number of nitrogens with zero attached hydrogens (tertiary/aromatic N) is 1. The molecule has 0 saturated heterocycles. The van der Waals surface area contributed by atoms with Crippen molar-refractivity contribution in [3.05, 3.63) is 67.0 Å². The molecule has 3 rings (SSSR count). The number of benzene rings is 2. The summed E-state index contributed by atoms with van der Waals surface area (Å²) in [5.41, 5.74) is 2.97. The van der Waals surface area contributed by atoms with Crippen LogP contribution in [0.25, 0.3) is 0 Å². The molecule has 1 amide bonds. The molecular formula is C21H22N4O3. The Hall–Kier alpha value is -3.74. The highest BCUT2D eigenvalue weighted by atomic mass is 16.5. The van der Waals surface area contributed by atoms with E-state index in [1.807, 2.05) is 42.5 Å². The zero-order valence-corrected chi connectivity index (χ0v) is 15.7. The minimum absolute atomic E-state index is 0.128. The van der Waals surface area contributed by atoms with Gasteiger partial charge in [0.05, 0.1) is 26.5 Å². The van der Waals surface area contributed by atoms with Crippen LogP contribution in [0.1, 0.15) is 0 Å². The lowest BCUT2D eigenvalue weighted by Crippen LogP contribution is -2.22. The van der Waals surface area contributed by atoms with Crippen LogP contribution in [0.4, 0.5) is 22.7 Å². The van der Waals surface area contributed by atoms with Gasteiger partial charge in [-0.05, 0) is 48.5 Å². The molecule has 3 N–H and O–H groups in total. The molecule has 0 radical (unpaired) electrons. The fourth-order valence-electron chi connectivity index (χ4n) is 2.60. The molecule has 28 heavy (non-hydrogen) atoms. The number of hydrogen-bond acceptors (Lipinski definition) is 6. The van der Waals surface area contributed by atoms with Gasteiger partial charge in [0.2, 0.25) is 5.91 Å². The number of ether oxygens (including phenoxy) is 2. The molecule has 0 fully saturated rings. The smallest absolute Gasteiger partial charge is 0.243 e. The third kappa shape index (κ3) is 4.91. The first-order chi connectivity index (χ1) is 13.7. The largest absolute Gasteiger partial charge is 0.497 e. The van der Waals surface area contributed by atoms with Crippen molar-refractivity contribution in [2.24, 2.45) is 0 Å². The van der Waals surface area contributed by atoms with Crippen molar-refractivity contribution < 1.29 is 14.3 Å². The monoisotopic (exact) mass is 378 g/mol. The minimum Gasteiger partial charge on any atom is -0.497 e. The maximum atomic E-state index is 12.4. The number of anilines is 4. The summed E-state index contributed by atoms with van der Waals surface area (Å²) in [4.78, 5) is 16.4. The van der Waals surface area contributed by atoms with Gasteiger partial charge in [0.1, 0.15) is 17.2 Å². The first-order valence-electron chi connectivity index (χ1n) is 8.71. The van der Waals surface area contributed by atoms with Crippen molar-refractivity contribution in [3.8, 4) is 11.5 Å². The Morgan fingerprint density at radius 2 is 1.68 bits per heavy atom. The van der Waals surface area contributed by atoms with E-state index in [2.05, 4.69) is 20.9 Å². The lowest BCUT2D eigenvalue weighted by atomic mass is 10.2. The first-order valence-corrected chi connectivity index (χ1v) is 8.71. The molecule has 0 aliphatic rings. The molecule has 3 aromatic rings. The SMILES string of the molecule is COc1ccc(Nc2c(NC(=O)CNc3ccncc3)cccc2OC)cc1. The molecule has 0 bridgehead atoms. The van der Waals surface area contributed by atoms with E-state index in [1.165, 1.54) is 0 Å². The van der Waals surface area contributed by atoms with E-state index in [4.69, 9.17) is 9.47 Å². The molecule has 1 aromatic heterocycles. The van der Waals surface area contributed by atoms with Crippen molar-refractivity contribution in [1.29, 1.82) is 0 Å². The van der Waals surface area contributed by atoms with E-state index in [-0.39, 0.29) is 12.5 Å². The van der Waals surface area contributed by atoms with Crippen molar-refractivity contribution in [2.45, 2.75) is 0 Å². The Kier molecular flexibility index (Phi) is 6.30. The van der Waals surface area contributed by atoms with Crippen LogP contribution in [0.5, 0.6) is 11.5 Å². The molecule has 0 spiro atoms. The number of nitrogens with one attached hydrogen (secondary N) is 3. The van der Waals surface area contributed by atoms with Gasteiger partial charge in [0.25, 0.3) is 0 Å². The summed E-state index contributed by atoms with van der Waals surface area (Å²) < 4.78 is 10.6. The average molecular weight is 378 g/mol. The summed E-state index contributed by atoms with van der Waals surface area (Å²) in [6, 6.07) is 16.6. The van der Waals surface area contributed by atoms with Crippen LogP contribution in [0.2, 0.25) is 0 Å². The van der Waals surface area contributed by atoms with Crippen LogP contribution in [0.3, 0.4) is 0 Å². The van der Waals surface area contributed by atoms with Crippen LogP contribution in [-0.4, -0.2) is 31.7 Å². The number of carbonyl (C=O) groups excluding carboxylic acids is 1. The fraction of sp³-hybridized carbons (Fsp3) is 0.143. The third-order valence-corrected chi connectivity index (χ3v) is 4.01. The van der Waals surface area contributed by atoms with Gasteiger partial charge in [-0.15, -0.1) is 0 Å². The van der Waals surface area contributed by atoms with E-state index >= 15 is 0 Å². The van der Waals surface area contributed by atoms with Gasteiger partial charge < -0.3 is 25.4 Å². The summed E-state index contributed by atoms with van der Waals surface area (Å²) in [6.45, 7) is 0.128. The lowest BCUT2D eigenvalue weighted by molar-refractivity contribution is -0.114. The molecule has 1 heterocycles. The summed E-state index contributed by atoms with van der Waals surface area (Å²) in [5, 5.41) is 9.27. The quantitative estimate of drug-likeness (QED) is 0.551. The molecule has 0 saturated carbocycles. The zero-order valence-electron chi connectivity index (χ0n) is 15.7. The van der Waals surface area contributed by atoms with E-state index in [0.29, 0.717) is 17.1 Å². The van der Waals surface area contributed by atoms with Gasteiger partial charge >= 0.3 is 0 Å². The predicted molar refractivity (Wildman–Crippen MR) is 111 cm³/mol. The molecule has 7 nitrogen and oxygen atoms in total. The fourth-order valence-corrected chi connectivity index (χ4v) is 2.60. The number of amides is 1. The normalized spacial score (nSPS) is 10.1. The Labute approximate surface area is 163 Å². The molecule has 2 aromatic carbocycles. The second-order valence-corrected chi connectivity index (χ2v) is 5.87. The average Bonchev–Trinajstić information content (AvgIpc) is 2.74. The number of hydrogen-bond donors (Lipinski definition) is 3. The van der Waals surface area contributed by atoms with Crippen LogP contribution >= 0.6 is 0 Å². The molecule has 0 aliphatic heterocycles. The van der Waals surface area contributed by atoms with Gasteiger partial charge in [-0.3, -0.25) is 9.78 Å². The van der Waals surface area contributed by atoms with Crippen molar-refractivity contribution >= 4 is 28.7 Å². The number of carbonyl (C=O) groups is 1. The van der Waals surface area contributed by atoms with Crippen LogP contribution in [0.15, 0.2) is 67.0 Å². The van der Waals surface area contributed by atoms with E-state index in [0.717, 1.165) is 17.1 Å². The van der Waals surface area contributed by atoms with Crippen LogP contribution < -0.4 is 25.4 Å². The van der Waals surface area contributed by atoms with Gasteiger partial charge in [0.15, 0.2) is 0 Å². The minimum atomic E-state index is -0.178. The Morgan fingerprint density at radius 1 is 0.929 bits per heavy atom. The maximum Gasteiger partial charge on any atom is 0.243 e. The Balaban J connectivity index is 1.73. The summed E-state index contributed by atoms with van der Waals surface area (Å²) in [5.74, 6) is 1.21. The van der Waals surface area contributed by atoms with E-state index in [1.54, 1.807) is 38.7 Å². The highest BCUT2D eigenvalue weighted by Gasteiger charge is 2.12. The molecule has 0 atom stereocenters. The molecule has 144 valence electrons. The highest BCUT2D eigenvalue weighted by Crippen LogP contribution is 2.35. The van der Waals surface area contributed by atoms with Crippen molar-refractivity contribution in [2.75, 3.05) is 36.7 Å².